The van der Waals surface area contributed by atoms with Crippen LogP contribution in [0.4, 0.5) is 0 Å². The summed E-state index contributed by atoms with van der Waals surface area (Å²) in [4.78, 5) is 0. The van der Waals surface area contributed by atoms with Gasteiger partial charge in [0.15, 0.2) is 0 Å². The smallest absolute Gasteiger partial charge is 0.266 e. The summed E-state index contributed by atoms with van der Waals surface area (Å²) in [6.07, 6.45) is 2.60. The minimum absolute atomic E-state index is 0.552. The number of hydrogen-bond acceptors (Lipinski definition) is 1. The Bertz CT molecular complexity index is 32.9. The van der Waals surface area contributed by atoms with Crippen molar-refractivity contribution in [3.63, 3.8) is 0 Å². The summed E-state index contributed by atoms with van der Waals surface area (Å²) in [5.74, 6) is 0. The van der Waals surface area contributed by atoms with Crippen LogP contribution in [0, 0.1) is 6.08 Å². The highest BCUT2D eigenvalue weighted by atomic mass is 16.5. The Labute approximate surface area is 38.6 Å². The van der Waals surface area contributed by atoms with Crippen molar-refractivity contribution in [2.24, 2.45) is 0 Å². The lowest BCUT2D eigenvalue weighted by Crippen LogP contribution is -1.86. The molecule has 0 aromatic carbocycles. The van der Waals surface area contributed by atoms with Gasteiger partial charge in [0, 0.05) is 6.61 Å². The molecule has 0 N–H and O–H groups in total. The van der Waals surface area contributed by atoms with E-state index in [-0.39, 0.29) is 0 Å². The van der Waals surface area contributed by atoms with Gasteiger partial charge in [0.25, 0.3) is 6.61 Å². The van der Waals surface area contributed by atoms with Crippen molar-refractivity contribution in [1.29, 1.82) is 0 Å². The molecule has 0 spiro atoms. The Morgan fingerprint density at radius 2 is 2.50 bits per heavy atom. The third-order valence-corrected chi connectivity index (χ3v) is 0.408. The van der Waals surface area contributed by atoms with E-state index in [1.807, 2.05) is 6.92 Å². The van der Waals surface area contributed by atoms with Crippen LogP contribution in [0.25, 0.3) is 0 Å². The van der Waals surface area contributed by atoms with E-state index in [0.717, 1.165) is 6.61 Å². The van der Waals surface area contributed by atoms with E-state index in [0.29, 0.717) is 6.61 Å². The van der Waals surface area contributed by atoms with E-state index >= 15 is 0 Å². The van der Waals surface area contributed by atoms with E-state index in [4.69, 9.17) is 4.74 Å². The van der Waals surface area contributed by atoms with Crippen molar-refractivity contribution < 1.29 is 4.74 Å². The van der Waals surface area contributed by atoms with E-state index < -0.39 is 0 Å². The lowest BCUT2D eigenvalue weighted by Gasteiger charge is -1.79. The molecule has 0 atom stereocenters. The maximum absolute atomic E-state index is 4.81. The molecule has 0 aromatic heterocycles. The molecule has 0 amide bonds. The molecular formula is C5H9O+. The third-order valence-electron chi connectivity index (χ3n) is 0.408. The monoisotopic (exact) mass is 85.1 g/mol. The van der Waals surface area contributed by atoms with Crippen LogP contribution in [0.3, 0.4) is 0 Å². The van der Waals surface area contributed by atoms with Gasteiger partial charge in [-0.25, -0.2) is 0 Å². The number of ether oxygens (including phenoxy) is 1. The number of hydrogen-bond donors (Lipinski definition) is 0. The highest BCUT2D eigenvalue weighted by molar-refractivity contribution is 4.49. The SMILES string of the molecule is C=[C+]COCC. The van der Waals surface area contributed by atoms with Crippen molar-refractivity contribution in [1.82, 2.24) is 0 Å². The fourth-order valence-corrected chi connectivity index (χ4v) is 0.174. The predicted octanol–water partition coefficient (Wildman–Crippen LogP) is 1.01. The summed E-state index contributed by atoms with van der Waals surface area (Å²) in [6.45, 7) is 6.59. The molecule has 0 radical (unpaired) electrons. The molecule has 0 aliphatic carbocycles. The molecule has 0 saturated carbocycles. The Morgan fingerprint density at radius 1 is 1.83 bits per heavy atom. The molecule has 0 saturated heterocycles. The van der Waals surface area contributed by atoms with Gasteiger partial charge in [0.2, 0.25) is 6.08 Å². The van der Waals surface area contributed by atoms with Crippen LogP contribution in [0.1, 0.15) is 6.92 Å². The first-order valence-electron chi connectivity index (χ1n) is 1.99. The summed E-state index contributed by atoms with van der Waals surface area (Å²) < 4.78 is 4.81. The molecule has 0 fully saturated rings. The van der Waals surface area contributed by atoms with Gasteiger partial charge in [-0.15, -0.1) is 0 Å². The fourth-order valence-electron chi connectivity index (χ4n) is 0.174. The standard InChI is InChI=1S/C5H9O/c1-3-5-6-4-2/h1,4-5H2,2H3/q+1. The molecule has 1 nitrogen and oxygen atoms in total. The Hall–Kier alpha value is -0.390. The summed E-state index contributed by atoms with van der Waals surface area (Å²) in [7, 11) is 0. The lowest BCUT2D eigenvalue weighted by molar-refractivity contribution is 0.174. The second-order valence-electron chi connectivity index (χ2n) is 0.887. The molecule has 0 unspecified atom stereocenters. The topological polar surface area (TPSA) is 9.23 Å². The zero-order valence-corrected chi connectivity index (χ0v) is 4.03. The molecule has 0 rings (SSSR count). The van der Waals surface area contributed by atoms with Gasteiger partial charge in [-0.3, -0.25) is 0 Å². The van der Waals surface area contributed by atoms with Crippen LogP contribution in [-0.4, -0.2) is 13.2 Å². The zero-order valence-electron chi connectivity index (χ0n) is 4.03. The van der Waals surface area contributed by atoms with Gasteiger partial charge < -0.3 is 4.74 Å². The van der Waals surface area contributed by atoms with Gasteiger partial charge in [0.05, 0.1) is 0 Å². The molecule has 0 heterocycles. The number of rotatable bonds is 3. The van der Waals surface area contributed by atoms with Crippen LogP contribution < -0.4 is 0 Å². The maximum Gasteiger partial charge on any atom is 0.266 e. The molecule has 34 valence electrons. The third kappa shape index (κ3) is 3.61. The first-order valence-corrected chi connectivity index (χ1v) is 1.99. The van der Waals surface area contributed by atoms with Gasteiger partial charge >= 0.3 is 0 Å². The van der Waals surface area contributed by atoms with Gasteiger partial charge in [-0.05, 0) is 6.92 Å². The Morgan fingerprint density at radius 3 is 2.67 bits per heavy atom. The molecule has 0 bridgehead atoms. The minimum atomic E-state index is 0.552. The molecule has 0 aliphatic heterocycles. The molecule has 6 heavy (non-hydrogen) atoms. The summed E-state index contributed by atoms with van der Waals surface area (Å²) in [6, 6.07) is 0. The average molecular weight is 85.1 g/mol. The lowest BCUT2D eigenvalue weighted by atomic mass is 10.7. The molecular weight excluding hydrogens is 76.1 g/mol. The van der Waals surface area contributed by atoms with Gasteiger partial charge in [0.1, 0.15) is 6.58 Å². The van der Waals surface area contributed by atoms with Crippen molar-refractivity contribution in [3.8, 4) is 0 Å². The van der Waals surface area contributed by atoms with Crippen molar-refractivity contribution in [2.45, 2.75) is 6.92 Å². The maximum atomic E-state index is 4.81. The largest absolute Gasteiger partial charge is 0.332 e. The van der Waals surface area contributed by atoms with Crippen LogP contribution in [0.15, 0.2) is 6.58 Å². The first-order chi connectivity index (χ1) is 2.91. The second-order valence-corrected chi connectivity index (χ2v) is 0.887. The molecule has 0 aromatic rings. The van der Waals surface area contributed by atoms with Crippen molar-refractivity contribution in [2.75, 3.05) is 13.2 Å². The summed E-state index contributed by atoms with van der Waals surface area (Å²) in [5.41, 5.74) is 0. The average Bonchev–Trinajstić information content (AvgIpc) is 1.61. The van der Waals surface area contributed by atoms with E-state index in [1.165, 1.54) is 0 Å². The van der Waals surface area contributed by atoms with E-state index in [9.17, 15) is 0 Å². The molecule has 1 heteroatoms. The minimum Gasteiger partial charge on any atom is -0.332 e. The zero-order chi connectivity index (χ0) is 4.83. The normalized spacial score (nSPS) is 7.50. The fraction of sp³-hybridized carbons (Fsp3) is 0.600. The van der Waals surface area contributed by atoms with Crippen molar-refractivity contribution >= 4 is 0 Å². The van der Waals surface area contributed by atoms with Gasteiger partial charge in [-0.2, -0.15) is 0 Å². The quantitative estimate of drug-likeness (QED) is 0.367. The highest BCUT2D eigenvalue weighted by Gasteiger charge is 1.81. The van der Waals surface area contributed by atoms with Crippen LogP contribution >= 0.6 is 0 Å². The van der Waals surface area contributed by atoms with E-state index in [1.54, 1.807) is 0 Å². The summed E-state index contributed by atoms with van der Waals surface area (Å²) >= 11 is 0. The predicted molar refractivity (Wildman–Crippen MR) is 25.4 cm³/mol. The molecule has 0 aliphatic rings. The summed E-state index contributed by atoms with van der Waals surface area (Å²) in [5, 5.41) is 0. The second kappa shape index (κ2) is 4.61. The van der Waals surface area contributed by atoms with Crippen molar-refractivity contribution in [3.05, 3.63) is 12.7 Å². The Kier molecular flexibility index (Phi) is 4.31. The van der Waals surface area contributed by atoms with E-state index in [2.05, 4.69) is 12.7 Å². The van der Waals surface area contributed by atoms with Crippen LogP contribution in [-0.2, 0) is 4.74 Å². The van der Waals surface area contributed by atoms with Crippen LogP contribution in [0.2, 0.25) is 0 Å². The first kappa shape index (κ1) is 5.61. The van der Waals surface area contributed by atoms with Crippen LogP contribution in [0.5, 0.6) is 0 Å². The Balaban J connectivity index is 2.49. The van der Waals surface area contributed by atoms with Gasteiger partial charge in [-0.1, -0.05) is 0 Å². The highest BCUT2D eigenvalue weighted by Crippen LogP contribution is 1.68.